The van der Waals surface area contributed by atoms with Gasteiger partial charge >= 0.3 is 18.4 Å². The van der Waals surface area contributed by atoms with Crippen molar-refractivity contribution in [2.75, 3.05) is 26.9 Å². The molecule has 4 heterocycles. The summed E-state index contributed by atoms with van der Waals surface area (Å²) < 4.78 is 93.4. The number of hydrogen-bond donors (Lipinski definition) is 2. The van der Waals surface area contributed by atoms with E-state index in [0.717, 1.165) is 18.7 Å². The Morgan fingerprint density at radius 3 is 2.51 bits per heavy atom. The number of carbonyl (C=O) groups is 2. The highest BCUT2D eigenvalue weighted by Gasteiger charge is 2.50. The average molecular weight is 621 g/mol. The van der Waals surface area contributed by atoms with Crippen LogP contribution in [-0.4, -0.2) is 92.1 Å². The quantitative estimate of drug-likeness (QED) is 0.315. The molecule has 1 aliphatic heterocycles. The predicted octanol–water partition coefficient (Wildman–Crippen LogP) is 3.42. The molecule has 0 saturated carbocycles. The zero-order chi connectivity index (χ0) is 31.7. The zero-order valence-electron chi connectivity index (χ0n) is 23.5. The number of halogens is 6. The molecular weight excluding hydrogens is 590 g/mol. The van der Waals surface area contributed by atoms with Crippen molar-refractivity contribution in [3.05, 3.63) is 47.7 Å². The van der Waals surface area contributed by atoms with Crippen LogP contribution in [0.4, 0.5) is 31.1 Å². The Kier molecular flexibility index (Phi) is 8.92. The van der Waals surface area contributed by atoms with Gasteiger partial charge in [-0.05, 0) is 32.9 Å². The van der Waals surface area contributed by atoms with Crippen molar-refractivity contribution >= 4 is 17.6 Å². The van der Waals surface area contributed by atoms with E-state index in [1.54, 1.807) is 6.92 Å². The standard InChI is InChI=1S/C25H30F6N8O4/c1-5-38-17(6-7-32-38)21(40)35-16(12-43-23(2,3)25(29,30)31)15-10-39-20(34-15)8-14(9-33-39)18(13-42-4)37-11-19(24(26,27)28)36-22(37)41/h6-10,16,18-19H,5,11-13H2,1-4H3,(H,35,40)(H,36,41). The summed E-state index contributed by atoms with van der Waals surface area (Å²) in [6.07, 6.45) is -5.27. The van der Waals surface area contributed by atoms with E-state index >= 15 is 0 Å². The molecule has 3 aromatic heterocycles. The van der Waals surface area contributed by atoms with Crippen molar-refractivity contribution in [1.29, 1.82) is 0 Å². The molecule has 3 amide bonds. The average Bonchev–Trinajstić information content (AvgIpc) is 3.66. The summed E-state index contributed by atoms with van der Waals surface area (Å²) in [5.74, 6) is -0.636. The van der Waals surface area contributed by atoms with Crippen LogP contribution >= 0.6 is 0 Å². The summed E-state index contributed by atoms with van der Waals surface area (Å²) in [7, 11) is 1.32. The number of methoxy groups -OCH3 is 1. The van der Waals surface area contributed by atoms with Crippen molar-refractivity contribution in [3.8, 4) is 0 Å². The van der Waals surface area contributed by atoms with Gasteiger partial charge in [-0.25, -0.2) is 14.3 Å². The number of aryl methyl sites for hydroxylation is 1. The van der Waals surface area contributed by atoms with Crippen LogP contribution in [0.15, 0.2) is 30.7 Å². The number of hydrogen-bond acceptors (Lipinski definition) is 7. The zero-order valence-corrected chi connectivity index (χ0v) is 23.5. The molecule has 3 unspecified atom stereocenters. The topological polar surface area (TPSA) is 128 Å². The van der Waals surface area contributed by atoms with E-state index in [2.05, 4.69) is 20.5 Å². The summed E-state index contributed by atoms with van der Waals surface area (Å²) in [6, 6.07) is -2.24. The molecule has 0 radical (unpaired) electrons. The van der Waals surface area contributed by atoms with Gasteiger partial charge < -0.3 is 25.0 Å². The molecule has 236 valence electrons. The van der Waals surface area contributed by atoms with Crippen LogP contribution in [0.5, 0.6) is 0 Å². The van der Waals surface area contributed by atoms with E-state index in [0.29, 0.717) is 12.1 Å². The van der Waals surface area contributed by atoms with Crippen LogP contribution < -0.4 is 10.6 Å². The number of imidazole rings is 1. The molecule has 0 aromatic carbocycles. The number of nitrogens with zero attached hydrogens (tertiary/aromatic N) is 6. The highest BCUT2D eigenvalue weighted by molar-refractivity contribution is 5.92. The summed E-state index contributed by atoms with van der Waals surface area (Å²) in [4.78, 5) is 30.9. The number of alkyl halides is 6. The predicted molar refractivity (Wildman–Crippen MR) is 137 cm³/mol. The Hall–Kier alpha value is -3.93. The van der Waals surface area contributed by atoms with E-state index in [9.17, 15) is 35.9 Å². The van der Waals surface area contributed by atoms with Crippen LogP contribution in [0.2, 0.25) is 0 Å². The molecule has 1 aliphatic rings. The van der Waals surface area contributed by atoms with E-state index in [4.69, 9.17) is 9.47 Å². The Morgan fingerprint density at radius 2 is 1.91 bits per heavy atom. The van der Waals surface area contributed by atoms with Gasteiger partial charge in [0.25, 0.3) is 5.91 Å². The van der Waals surface area contributed by atoms with Crippen molar-refractivity contribution in [2.45, 2.75) is 63.4 Å². The molecule has 12 nitrogen and oxygen atoms in total. The lowest BCUT2D eigenvalue weighted by Gasteiger charge is -2.30. The van der Waals surface area contributed by atoms with Crippen LogP contribution in [0.25, 0.3) is 5.65 Å². The molecule has 0 aliphatic carbocycles. The highest BCUT2D eigenvalue weighted by atomic mass is 19.4. The van der Waals surface area contributed by atoms with Crippen LogP contribution in [0.1, 0.15) is 54.6 Å². The summed E-state index contributed by atoms with van der Waals surface area (Å²) in [5, 5.41) is 12.8. The molecule has 2 N–H and O–H groups in total. The first-order chi connectivity index (χ1) is 20.1. The third-order valence-corrected chi connectivity index (χ3v) is 6.98. The maximum absolute atomic E-state index is 13.5. The molecule has 1 fully saturated rings. The lowest BCUT2D eigenvalue weighted by Crippen LogP contribution is -2.44. The minimum Gasteiger partial charge on any atom is -0.382 e. The molecule has 1 saturated heterocycles. The lowest BCUT2D eigenvalue weighted by atomic mass is 10.1. The maximum Gasteiger partial charge on any atom is 0.416 e. The van der Waals surface area contributed by atoms with Gasteiger partial charge in [-0.2, -0.15) is 36.5 Å². The van der Waals surface area contributed by atoms with Gasteiger partial charge in [0, 0.05) is 25.4 Å². The van der Waals surface area contributed by atoms with Crippen molar-refractivity contribution in [2.24, 2.45) is 0 Å². The Morgan fingerprint density at radius 1 is 1.19 bits per heavy atom. The van der Waals surface area contributed by atoms with Gasteiger partial charge in [0.05, 0.1) is 49.9 Å². The number of rotatable bonds is 11. The second-order valence-corrected chi connectivity index (χ2v) is 10.3. The lowest BCUT2D eigenvalue weighted by molar-refractivity contribution is -0.265. The molecule has 43 heavy (non-hydrogen) atoms. The fourth-order valence-corrected chi connectivity index (χ4v) is 4.38. The van der Waals surface area contributed by atoms with Gasteiger partial charge in [-0.3, -0.25) is 9.48 Å². The number of amides is 3. The molecule has 18 heteroatoms. The van der Waals surface area contributed by atoms with Gasteiger partial charge in [0.15, 0.2) is 11.2 Å². The SMILES string of the molecule is CCn1nccc1C(=O)NC(COC(C)(C)C(F)(F)F)c1cn2ncc(C(COC)N3CC(C(F)(F)F)NC3=O)cc2n1. The number of urea groups is 1. The van der Waals surface area contributed by atoms with Crippen LogP contribution in [-0.2, 0) is 16.0 Å². The van der Waals surface area contributed by atoms with Gasteiger partial charge in [-0.1, -0.05) is 0 Å². The smallest absolute Gasteiger partial charge is 0.382 e. The highest BCUT2D eigenvalue weighted by Crippen LogP contribution is 2.34. The fourth-order valence-electron chi connectivity index (χ4n) is 4.38. The van der Waals surface area contributed by atoms with E-state index in [1.165, 1.54) is 47.0 Å². The van der Waals surface area contributed by atoms with Crippen LogP contribution in [0, 0.1) is 0 Å². The molecule has 3 atom stereocenters. The molecule has 3 aromatic rings. The second-order valence-electron chi connectivity index (χ2n) is 10.3. The Balaban J connectivity index is 1.65. The monoisotopic (exact) mass is 620 g/mol. The molecule has 4 rings (SSSR count). The summed E-state index contributed by atoms with van der Waals surface area (Å²) in [5.41, 5.74) is -1.85. The van der Waals surface area contributed by atoms with Crippen LogP contribution in [0.3, 0.4) is 0 Å². The second kappa shape index (κ2) is 12.0. The van der Waals surface area contributed by atoms with E-state index in [-0.39, 0.29) is 23.6 Å². The van der Waals surface area contributed by atoms with Crippen molar-refractivity contribution in [3.63, 3.8) is 0 Å². The first-order valence-corrected chi connectivity index (χ1v) is 13.1. The first-order valence-electron chi connectivity index (χ1n) is 13.1. The molecule has 0 bridgehead atoms. The molecule has 0 spiro atoms. The Labute approximate surface area is 241 Å². The summed E-state index contributed by atoms with van der Waals surface area (Å²) >= 11 is 0. The minimum absolute atomic E-state index is 0.0953. The van der Waals surface area contributed by atoms with Gasteiger partial charge in [0.1, 0.15) is 11.7 Å². The number of carbonyl (C=O) groups excluding carboxylic acids is 2. The van der Waals surface area contributed by atoms with Gasteiger partial charge in [0.2, 0.25) is 0 Å². The number of nitrogens with one attached hydrogen (secondary N) is 2. The number of fused-ring (bicyclic) bond motifs is 1. The van der Waals surface area contributed by atoms with E-state index < -0.39 is 61.2 Å². The third kappa shape index (κ3) is 6.84. The number of ether oxygens (including phenoxy) is 2. The third-order valence-electron chi connectivity index (χ3n) is 6.98. The van der Waals surface area contributed by atoms with Crippen molar-refractivity contribution in [1.82, 2.24) is 39.9 Å². The minimum atomic E-state index is -4.71. The fraction of sp³-hybridized carbons (Fsp3) is 0.560. The maximum atomic E-state index is 13.5. The number of aromatic nitrogens is 5. The normalized spacial score (nSPS) is 17.8. The summed E-state index contributed by atoms with van der Waals surface area (Å²) in [6.45, 7) is 2.39. The van der Waals surface area contributed by atoms with E-state index in [1.807, 2.05) is 5.32 Å². The largest absolute Gasteiger partial charge is 0.416 e. The Bertz CT molecular complexity index is 1450. The molecular formula is C25H30F6N8O4. The van der Waals surface area contributed by atoms with Gasteiger partial charge in [-0.15, -0.1) is 0 Å². The first kappa shape index (κ1) is 32.0. The van der Waals surface area contributed by atoms with Crippen molar-refractivity contribution < 1.29 is 45.4 Å².